The zero-order valence-corrected chi connectivity index (χ0v) is 15.8. The number of benzene rings is 2. The van der Waals surface area contributed by atoms with Crippen LogP contribution in [0.5, 0.6) is 0 Å². The van der Waals surface area contributed by atoms with Gasteiger partial charge >= 0.3 is 0 Å². The summed E-state index contributed by atoms with van der Waals surface area (Å²) < 4.78 is 2.22. The number of aryl methyl sites for hydroxylation is 3. The lowest BCUT2D eigenvalue weighted by atomic mass is 9.89. The first-order chi connectivity index (χ1) is 12.5. The molecule has 134 valence electrons. The van der Waals surface area contributed by atoms with Crippen molar-refractivity contribution in [2.45, 2.75) is 32.6 Å². The van der Waals surface area contributed by atoms with Crippen LogP contribution in [0.15, 0.2) is 48.7 Å². The van der Waals surface area contributed by atoms with Gasteiger partial charge in [-0.1, -0.05) is 24.3 Å². The van der Waals surface area contributed by atoms with Crippen LogP contribution in [0.2, 0.25) is 0 Å². The Labute approximate surface area is 155 Å². The maximum Gasteiger partial charge on any atom is 0.253 e. The summed E-state index contributed by atoms with van der Waals surface area (Å²) in [5.74, 6) is 0.703. The molecule has 1 saturated heterocycles. The first-order valence-corrected chi connectivity index (χ1v) is 9.45. The third-order valence-corrected chi connectivity index (χ3v) is 5.90. The molecule has 0 aliphatic carbocycles. The number of fused-ring (bicyclic) bond motifs is 1. The first-order valence-electron chi connectivity index (χ1n) is 9.45. The molecule has 0 N–H and O–H groups in total. The van der Waals surface area contributed by atoms with Crippen molar-refractivity contribution in [3.8, 4) is 0 Å². The zero-order chi connectivity index (χ0) is 18.3. The maximum absolute atomic E-state index is 12.8. The maximum atomic E-state index is 12.8. The molecule has 1 aliphatic rings. The Balaban J connectivity index is 1.50. The standard InChI is InChI=1S/C23H26N2O/c1-16-8-9-19(14-17(16)2)23(26)25-12-10-18(11-13-25)21-15-24(3)22-7-5-4-6-20(21)22/h4-9,14-15,18H,10-13H2,1-3H3. The number of para-hydroxylation sites is 1. The minimum atomic E-state index is 0.171. The minimum absolute atomic E-state index is 0.171. The molecule has 1 amide bonds. The molecule has 0 spiro atoms. The van der Waals surface area contributed by atoms with E-state index >= 15 is 0 Å². The summed E-state index contributed by atoms with van der Waals surface area (Å²) in [5.41, 5.74) is 5.95. The van der Waals surface area contributed by atoms with Crippen molar-refractivity contribution in [3.63, 3.8) is 0 Å². The van der Waals surface area contributed by atoms with Gasteiger partial charge in [-0.2, -0.15) is 0 Å². The van der Waals surface area contributed by atoms with E-state index in [1.165, 1.54) is 27.6 Å². The summed E-state index contributed by atoms with van der Waals surface area (Å²) in [6.07, 6.45) is 4.34. The van der Waals surface area contributed by atoms with Gasteiger partial charge in [0.2, 0.25) is 0 Å². The molecule has 1 aliphatic heterocycles. The summed E-state index contributed by atoms with van der Waals surface area (Å²) in [4.78, 5) is 14.9. The number of rotatable bonds is 2. The fourth-order valence-electron chi connectivity index (χ4n) is 4.15. The second-order valence-electron chi connectivity index (χ2n) is 7.58. The van der Waals surface area contributed by atoms with Crippen LogP contribution in [0.25, 0.3) is 10.9 Å². The van der Waals surface area contributed by atoms with Gasteiger partial charge in [0.15, 0.2) is 0 Å². The van der Waals surface area contributed by atoms with Crippen molar-refractivity contribution in [2.24, 2.45) is 7.05 Å². The molecule has 1 fully saturated rings. The molecule has 0 bridgehead atoms. The van der Waals surface area contributed by atoms with E-state index in [0.717, 1.165) is 31.5 Å². The van der Waals surface area contributed by atoms with Gasteiger partial charge < -0.3 is 9.47 Å². The fraction of sp³-hybridized carbons (Fsp3) is 0.348. The molecule has 26 heavy (non-hydrogen) atoms. The lowest BCUT2D eigenvalue weighted by Crippen LogP contribution is -2.37. The number of amides is 1. The Morgan fingerprint density at radius 2 is 1.73 bits per heavy atom. The van der Waals surface area contributed by atoms with Gasteiger partial charge in [0.25, 0.3) is 5.91 Å². The highest BCUT2D eigenvalue weighted by Crippen LogP contribution is 2.34. The van der Waals surface area contributed by atoms with Gasteiger partial charge in [0.05, 0.1) is 0 Å². The molecule has 3 nitrogen and oxygen atoms in total. The molecule has 0 saturated carbocycles. The van der Waals surface area contributed by atoms with Crippen molar-refractivity contribution in [3.05, 3.63) is 70.9 Å². The summed E-state index contributed by atoms with van der Waals surface area (Å²) in [7, 11) is 2.12. The van der Waals surface area contributed by atoms with Gasteiger partial charge in [0, 0.05) is 42.8 Å². The summed E-state index contributed by atoms with van der Waals surface area (Å²) in [6, 6.07) is 14.6. The number of hydrogen-bond donors (Lipinski definition) is 0. The Bertz CT molecular complexity index is 961. The molecule has 3 aromatic rings. The Hall–Kier alpha value is -2.55. The van der Waals surface area contributed by atoms with Crippen molar-refractivity contribution in [1.82, 2.24) is 9.47 Å². The average molecular weight is 346 g/mol. The van der Waals surface area contributed by atoms with E-state index in [1.807, 2.05) is 23.1 Å². The van der Waals surface area contributed by atoms with Crippen LogP contribution in [-0.4, -0.2) is 28.5 Å². The number of carbonyl (C=O) groups is 1. The summed E-state index contributed by atoms with van der Waals surface area (Å²) >= 11 is 0. The smallest absolute Gasteiger partial charge is 0.253 e. The largest absolute Gasteiger partial charge is 0.350 e. The average Bonchev–Trinajstić information content (AvgIpc) is 3.01. The van der Waals surface area contributed by atoms with Crippen LogP contribution in [0.4, 0.5) is 0 Å². The number of nitrogens with zero attached hydrogens (tertiary/aromatic N) is 2. The highest BCUT2D eigenvalue weighted by molar-refractivity contribution is 5.94. The fourth-order valence-corrected chi connectivity index (χ4v) is 4.15. The van der Waals surface area contributed by atoms with Gasteiger partial charge in [-0.05, 0) is 67.5 Å². The SMILES string of the molecule is Cc1ccc(C(=O)N2CCC(c3cn(C)c4ccccc34)CC2)cc1C. The molecule has 2 aromatic carbocycles. The Morgan fingerprint density at radius 3 is 2.46 bits per heavy atom. The van der Waals surface area contributed by atoms with E-state index in [1.54, 1.807) is 0 Å². The number of carbonyl (C=O) groups excluding carboxylic acids is 1. The molecule has 4 rings (SSSR count). The molecule has 3 heteroatoms. The zero-order valence-electron chi connectivity index (χ0n) is 15.8. The van der Waals surface area contributed by atoms with Gasteiger partial charge in [-0.3, -0.25) is 4.79 Å². The molecule has 0 unspecified atom stereocenters. The van der Waals surface area contributed by atoms with E-state index in [-0.39, 0.29) is 5.91 Å². The van der Waals surface area contributed by atoms with Crippen LogP contribution in [-0.2, 0) is 7.05 Å². The highest BCUT2D eigenvalue weighted by atomic mass is 16.2. The van der Waals surface area contributed by atoms with Crippen molar-refractivity contribution in [1.29, 1.82) is 0 Å². The highest BCUT2D eigenvalue weighted by Gasteiger charge is 2.26. The first kappa shape index (κ1) is 16.9. The van der Waals surface area contributed by atoms with E-state index in [2.05, 4.69) is 55.9 Å². The van der Waals surface area contributed by atoms with E-state index in [9.17, 15) is 4.79 Å². The number of hydrogen-bond acceptors (Lipinski definition) is 1. The van der Waals surface area contributed by atoms with Gasteiger partial charge in [0.1, 0.15) is 0 Å². The van der Waals surface area contributed by atoms with Crippen LogP contribution in [0.1, 0.15) is 45.8 Å². The van der Waals surface area contributed by atoms with E-state index in [4.69, 9.17) is 0 Å². The summed E-state index contributed by atoms with van der Waals surface area (Å²) in [6.45, 7) is 5.82. The Kier molecular flexibility index (Phi) is 4.31. The molecule has 2 heterocycles. The van der Waals surface area contributed by atoms with Gasteiger partial charge in [-0.15, -0.1) is 0 Å². The van der Waals surface area contributed by atoms with Crippen LogP contribution in [0.3, 0.4) is 0 Å². The topological polar surface area (TPSA) is 25.2 Å². The van der Waals surface area contributed by atoms with E-state index < -0.39 is 0 Å². The number of piperidine rings is 1. The second-order valence-corrected chi connectivity index (χ2v) is 7.58. The lowest BCUT2D eigenvalue weighted by molar-refractivity contribution is 0.0713. The molecular formula is C23H26N2O. The van der Waals surface area contributed by atoms with Crippen LogP contribution < -0.4 is 0 Å². The van der Waals surface area contributed by atoms with Crippen LogP contribution in [0, 0.1) is 13.8 Å². The normalized spacial score (nSPS) is 15.6. The number of aromatic nitrogens is 1. The van der Waals surface area contributed by atoms with E-state index in [0.29, 0.717) is 5.92 Å². The minimum Gasteiger partial charge on any atom is -0.350 e. The predicted molar refractivity (Wildman–Crippen MR) is 107 cm³/mol. The van der Waals surface area contributed by atoms with Crippen molar-refractivity contribution < 1.29 is 4.79 Å². The number of likely N-dealkylation sites (tertiary alicyclic amines) is 1. The molecule has 0 atom stereocenters. The lowest BCUT2D eigenvalue weighted by Gasteiger charge is -2.32. The van der Waals surface area contributed by atoms with Crippen molar-refractivity contribution in [2.75, 3.05) is 13.1 Å². The Morgan fingerprint density at radius 1 is 1.00 bits per heavy atom. The van der Waals surface area contributed by atoms with Crippen LogP contribution >= 0.6 is 0 Å². The molecule has 0 radical (unpaired) electrons. The summed E-state index contributed by atoms with van der Waals surface area (Å²) in [5, 5.41) is 1.36. The van der Waals surface area contributed by atoms with Crippen molar-refractivity contribution >= 4 is 16.8 Å². The van der Waals surface area contributed by atoms with Gasteiger partial charge in [-0.25, -0.2) is 0 Å². The monoisotopic (exact) mass is 346 g/mol. The quantitative estimate of drug-likeness (QED) is 0.653. The third-order valence-electron chi connectivity index (χ3n) is 5.90. The second kappa shape index (κ2) is 6.64. The molecular weight excluding hydrogens is 320 g/mol. The predicted octanol–water partition coefficient (Wildman–Crippen LogP) is 4.81. The molecule has 1 aromatic heterocycles. The third kappa shape index (κ3) is 2.92.